The van der Waals surface area contributed by atoms with Crippen LogP contribution in [0.25, 0.3) is 10.9 Å². The predicted octanol–water partition coefficient (Wildman–Crippen LogP) is 4.50. The third-order valence-electron chi connectivity index (χ3n) is 3.47. The van der Waals surface area contributed by atoms with Crippen LogP contribution in [0.5, 0.6) is 5.75 Å². The summed E-state index contributed by atoms with van der Waals surface area (Å²) in [4.78, 5) is 15.4. The first-order valence-corrected chi connectivity index (χ1v) is 7.70. The number of aliphatic carboxylic acids is 1. The summed E-state index contributed by atoms with van der Waals surface area (Å²) in [6.45, 7) is 6.09. The maximum Gasteiger partial charge on any atom is 0.341 e. The highest BCUT2D eigenvalue weighted by Gasteiger charge is 2.14. The van der Waals surface area contributed by atoms with E-state index in [9.17, 15) is 4.79 Å². The second kappa shape index (κ2) is 6.97. The summed E-state index contributed by atoms with van der Waals surface area (Å²) < 4.78 is 5.33. The zero-order valence-corrected chi connectivity index (χ0v) is 13.7. The molecule has 22 heavy (non-hydrogen) atoms. The number of nitrogens with zero attached hydrogens (tertiary/aromatic N) is 1. The molecule has 0 radical (unpaired) electrons. The summed E-state index contributed by atoms with van der Waals surface area (Å²) in [6, 6.07) is 7.25. The SMILES string of the molecule is CC(C)CC(C)c1ccc2c(Cl)ccc(OCC(=O)O)c2n1. The Morgan fingerprint density at radius 1 is 1.27 bits per heavy atom. The minimum absolute atomic E-state index is 0.315. The van der Waals surface area contributed by atoms with Crippen molar-refractivity contribution in [1.29, 1.82) is 0 Å². The molecule has 2 rings (SSSR count). The fourth-order valence-corrected chi connectivity index (χ4v) is 2.75. The highest BCUT2D eigenvalue weighted by Crippen LogP contribution is 2.32. The normalized spacial score (nSPS) is 12.6. The molecule has 1 atom stereocenters. The first kappa shape index (κ1) is 16.6. The average Bonchev–Trinajstić information content (AvgIpc) is 2.45. The molecule has 0 fully saturated rings. The van der Waals surface area contributed by atoms with Gasteiger partial charge in [0.2, 0.25) is 0 Å². The van der Waals surface area contributed by atoms with E-state index >= 15 is 0 Å². The van der Waals surface area contributed by atoms with Crippen molar-refractivity contribution in [1.82, 2.24) is 4.98 Å². The Morgan fingerprint density at radius 3 is 2.64 bits per heavy atom. The van der Waals surface area contributed by atoms with Crippen LogP contribution in [0, 0.1) is 5.92 Å². The predicted molar refractivity (Wildman–Crippen MR) is 87.8 cm³/mol. The number of carbonyl (C=O) groups is 1. The molecule has 5 heteroatoms. The Morgan fingerprint density at radius 2 is 2.00 bits per heavy atom. The molecule has 0 aliphatic rings. The van der Waals surface area contributed by atoms with Crippen molar-refractivity contribution in [2.45, 2.75) is 33.1 Å². The summed E-state index contributed by atoms with van der Waals surface area (Å²) in [5, 5.41) is 10.1. The number of carboxylic acid groups (broad SMARTS) is 1. The lowest BCUT2D eigenvalue weighted by molar-refractivity contribution is -0.139. The highest BCUT2D eigenvalue weighted by atomic mass is 35.5. The van der Waals surface area contributed by atoms with Crippen LogP contribution in [-0.2, 0) is 4.79 Å². The monoisotopic (exact) mass is 321 g/mol. The van der Waals surface area contributed by atoms with Gasteiger partial charge in [0.15, 0.2) is 6.61 Å². The van der Waals surface area contributed by atoms with Gasteiger partial charge in [-0.2, -0.15) is 0 Å². The van der Waals surface area contributed by atoms with E-state index in [1.165, 1.54) is 0 Å². The first-order chi connectivity index (χ1) is 10.4. The molecule has 0 bridgehead atoms. The van der Waals surface area contributed by atoms with E-state index in [0.29, 0.717) is 28.1 Å². The Labute approximate surface area is 135 Å². The largest absolute Gasteiger partial charge is 0.480 e. The number of ether oxygens (including phenoxy) is 1. The van der Waals surface area contributed by atoms with E-state index in [-0.39, 0.29) is 0 Å². The summed E-state index contributed by atoms with van der Waals surface area (Å²) in [6.07, 6.45) is 1.03. The number of halogens is 1. The molecule has 1 aromatic carbocycles. The quantitative estimate of drug-likeness (QED) is 0.851. The number of rotatable bonds is 6. The molecule has 0 saturated carbocycles. The number of carboxylic acids is 1. The second-order valence-corrected chi connectivity index (χ2v) is 6.30. The Kier molecular flexibility index (Phi) is 5.24. The van der Waals surface area contributed by atoms with Crippen LogP contribution in [-0.4, -0.2) is 22.7 Å². The molecule has 0 spiro atoms. The standard InChI is InChI=1S/C17H20ClNO3/c1-10(2)8-11(3)14-6-4-12-13(18)5-7-15(17(12)19-14)22-9-16(20)21/h4-7,10-11H,8-9H2,1-3H3,(H,20,21). The fraction of sp³-hybridized carbons (Fsp3) is 0.412. The third kappa shape index (κ3) is 3.89. The Balaban J connectivity index is 2.43. The summed E-state index contributed by atoms with van der Waals surface area (Å²) in [5.41, 5.74) is 1.57. The maximum absolute atomic E-state index is 10.7. The molecule has 0 aliphatic carbocycles. The van der Waals surface area contributed by atoms with Crippen molar-refractivity contribution in [3.63, 3.8) is 0 Å². The topological polar surface area (TPSA) is 59.4 Å². The average molecular weight is 322 g/mol. The number of benzene rings is 1. The zero-order chi connectivity index (χ0) is 16.3. The van der Waals surface area contributed by atoms with Crippen molar-refractivity contribution >= 4 is 28.5 Å². The van der Waals surface area contributed by atoms with Gasteiger partial charge >= 0.3 is 5.97 Å². The van der Waals surface area contributed by atoms with Crippen LogP contribution in [0.2, 0.25) is 5.02 Å². The van der Waals surface area contributed by atoms with Gasteiger partial charge in [0.05, 0.1) is 5.02 Å². The number of hydrogen-bond donors (Lipinski definition) is 1. The van der Waals surface area contributed by atoms with E-state index < -0.39 is 12.6 Å². The molecular weight excluding hydrogens is 302 g/mol. The smallest absolute Gasteiger partial charge is 0.341 e. The van der Waals surface area contributed by atoms with Gasteiger partial charge in [-0.3, -0.25) is 0 Å². The van der Waals surface area contributed by atoms with Gasteiger partial charge in [-0.25, -0.2) is 9.78 Å². The molecule has 118 valence electrons. The highest BCUT2D eigenvalue weighted by molar-refractivity contribution is 6.35. The van der Waals surface area contributed by atoms with Gasteiger partial charge in [-0.1, -0.05) is 32.4 Å². The number of hydrogen-bond acceptors (Lipinski definition) is 3. The van der Waals surface area contributed by atoms with Gasteiger partial charge in [0.25, 0.3) is 0 Å². The van der Waals surface area contributed by atoms with Crippen molar-refractivity contribution in [3.05, 3.63) is 35.0 Å². The minimum Gasteiger partial charge on any atom is -0.480 e. The van der Waals surface area contributed by atoms with Gasteiger partial charge < -0.3 is 9.84 Å². The van der Waals surface area contributed by atoms with Crippen LogP contribution >= 0.6 is 11.6 Å². The number of pyridine rings is 1. The van der Waals surface area contributed by atoms with Crippen LogP contribution in [0.4, 0.5) is 0 Å². The van der Waals surface area contributed by atoms with Crippen LogP contribution in [0.3, 0.4) is 0 Å². The third-order valence-corrected chi connectivity index (χ3v) is 3.80. The van der Waals surface area contributed by atoms with Gasteiger partial charge in [0, 0.05) is 11.1 Å². The van der Waals surface area contributed by atoms with Gasteiger partial charge in [0.1, 0.15) is 11.3 Å². The van der Waals surface area contributed by atoms with E-state index in [1.807, 2.05) is 12.1 Å². The Hall–Kier alpha value is -1.81. The summed E-state index contributed by atoms with van der Waals surface area (Å²) in [5.74, 6) is 0.318. The van der Waals surface area contributed by atoms with Crippen LogP contribution < -0.4 is 4.74 Å². The zero-order valence-electron chi connectivity index (χ0n) is 13.0. The van der Waals surface area contributed by atoms with Crippen LogP contribution in [0.1, 0.15) is 38.8 Å². The number of aromatic nitrogens is 1. The molecule has 1 aromatic heterocycles. The lowest BCUT2D eigenvalue weighted by Gasteiger charge is -2.15. The minimum atomic E-state index is -1.02. The lowest BCUT2D eigenvalue weighted by Crippen LogP contribution is -2.10. The molecule has 2 aromatic rings. The van der Waals surface area contributed by atoms with E-state index in [4.69, 9.17) is 21.4 Å². The summed E-state index contributed by atoms with van der Waals surface area (Å²) >= 11 is 6.20. The molecule has 1 unspecified atom stereocenters. The number of fused-ring (bicyclic) bond motifs is 1. The van der Waals surface area contributed by atoms with Crippen molar-refractivity contribution in [3.8, 4) is 5.75 Å². The van der Waals surface area contributed by atoms with E-state index in [1.54, 1.807) is 12.1 Å². The molecule has 0 aliphatic heterocycles. The molecular formula is C17H20ClNO3. The van der Waals surface area contributed by atoms with Crippen molar-refractivity contribution < 1.29 is 14.6 Å². The Bertz CT molecular complexity index is 685. The lowest BCUT2D eigenvalue weighted by atomic mass is 9.95. The molecule has 1 heterocycles. The van der Waals surface area contributed by atoms with E-state index in [0.717, 1.165) is 17.5 Å². The molecule has 0 amide bonds. The first-order valence-electron chi connectivity index (χ1n) is 7.32. The molecule has 1 N–H and O–H groups in total. The molecule has 4 nitrogen and oxygen atoms in total. The van der Waals surface area contributed by atoms with Gasteiger partial charge in [-0.15, -0.1) is 0 Å². The summed E-state index contributed by atoms with van der Waals surface area (Å²) in [7, 11) is 0. The van der Waals surface area contributed by atoms with Crippen molar-refractivity contribution in [2.24, 2.45) is 5.92 Å². The maximum atomic E-state index is 10.7. The van der Waals surface area contributed by atoms with Crippen molar-refractivity contribution in [2.75, 3.05) is 6.61 Å². The fourth-order valence-electron chi connectivity index (χ4n) is 2.53. The van der Waals surface area contributed by atoms with Crippen LogP contribution in [0.15, 0.2) is 24.3 Å². The second-order valence-electron chi connectivity index (χ2n) is 5.89. The molecule has 0 saturated heterocycles. The van der Waals surface area contributed by atoms with E-state index in [2.05, 4.69) is 25.8 Å². The van der Waals surface area contributed by atoms with Gasteiger partial charge in [-0.05, 0) is 42.5 Å².